The highest BCUT2D eigenvalue weighted by molar-refractivity contribution is 5.49. The van der Waals surface area contributed by atoms with Gasteiger partial charge in [-0.15, -0.1) is 0 Å². The number of furan rings is 1. The molecule has 0 aliphatic carbocycles. The van der Waals surface area contributed by atoms with Crippen LogP contribution in [0.25, 0.3) is 11.5 Å². The van der Waals surface area contributed by atoms with Gasteiger partial charge in [0.1, 0.15) is 6.26 Å². The summed E-state index contributed by atoms with van der Waals surface area (Å²) in [4.78, 5) is 6.51. The van der Waals surface area contributed by atoms with E-state index in [1.54, 1.807) is 18.6 Å². The van der Waals surface area contributed by atoms with Crippen molar-refractivity contribution < 1.29 is 14.0 Å². The zero-order valence-electron chi connectivity index (χ0n) is 9.95. The summed E-state index contributed by atoms with van der Waals surface area (Å²) < 4.78 is 10.2. The van der Waals surface area contributed by atoms with Gasteiger partial charge < -0.3 is 14.0 Å². The molecule has 6 nitrogen and oxygen atoms in total. The second kappa shape index (κ2) is 4.91. The largest absolute Gasteiger partial charge is 0.472 e. The Morgan fingerprint density at radius 2 is 2.44 bits per heavy atom. The molecule has 1 atom stereocenters. The summed E-state index contributed by atoms with van der Waals surface area (Å²) in [7, 11) is 0. The van der Waals surface area contributed by atoms with Gasteiger partial charge in [-0.25, -0.2) is 0 Å². The normalized spacial score (nSPS) is 20.6. The minimum atomic E-state index is 0.187. The molecular weight excluding hydrogens is 234 g/mol. The molecule has 0 amide bonds. The SMILES string of the molecule is OC[C@H]1CCCN1Cc1noc(-c2ccoc2)n1. The molecule has 1 fully saturated rings. The van der Waals surface area contributed by atoms with Crippen molar-refractivity contribution in [1.82, 2.24) is 15.0 Å². The minimum Gasteiger partial charge on any atom is -0.472 e. The first-order valence-corrected chi connectivity index (χ1v) is 6.07. The first-order valence-electron chi connectivity index (χ1n) is 6.07. The summed E-state index contributed by atoms with van der Waals surface area (Å²) in [6.45, 7) is 1.78. The molecule has 3 rings (SSSR count). The van der Waals surface area contributed by atoms with Crippen LogP contribution < -0.4 is 0 Å². The van der Waals surface area contributed by atoms with E-state index in [1.807, 2.05) is 0 Å². The second-order valence-electron chi connectivity index (χ2n) is 4.48. The van der Waals surface area contributed by atoms with E-state index in [4.69, 9.17) is 8.94 Å². The van der Waals surface area contributed by atoms with E-state index in [0.717, 1.165) is 24.9 Å². The smallest absolute Gasteiger partial charge is 0.261 e. The molecule has 2 aromatic rings. The Kier molecular flexibility index (Phi) is 3.12. The highest BCUT2D eigenvalue weighted by Gasteiger charge is 2.25. The molecule has 2 aromatic heterocycles. The number of hydrogen-bond donors (Lipinski definition) is 1. The number of aliphatic hydroxyl groups excluding tert-OH is 1. The molecule has 1 aliphatic heterocycles. The second-order valence-corrected chi connectivity index (χ2v) is 4.48. The van der Waals surface area contributed by atoms with Gasteiger partial charge in [0, 0.05) is 6.04 Å². The molecule has 3 heterocycles. The lowest BCUT2D eigenvalue weighted by Crippen LogP contribution is -2.31. The molecule has 0 radical (unpaired) electrons. The number of hydrogen-bond acceptors (Lipinski definition) is 6. The van der Waals surface area contributed by atoms with Crippen LogP contribution in [-0.2, 0) is 6.54 Å². The van der Waals surface area contributed by atoms with E-state index in [2.05, 4.69) is 15.0 Å². The molecular formula is C12H15N3O3. The zero-order valence-corrected chi connectivity index (χ0v) is 9.95. The summed E-state index contributed by atoms with van der Waals surface area (Å²) >= 11 is 0. The minimum absolute atomic E-state index is 0.187. The third kappa shape index (κ3) is 2.16. The van der Waals surface area contributed by atoms with Crippen LogP contribution in [0.2, 0.25) is 0 Å². The van der Waals surface area contributed by atoms with Crippen LogP contribution in [0.4, 0.5) is 0 Å². The summed E-state index contributed by atoms with van der Waals surface area (Å²) in [5.41, 5.74) is 0.786. The first kappa shape index (κ1) is 11.4. The van der Waals surface area contributed by atoms with Crippen LogP contribution in [0, 0.1) is 0 Å². The quantitative estimate of drug-likeness (QED) is 0.879. The standard InChI is InChI=1S/C12H15N3O3/c16-7-10-2-1-4-15(10)6-11-13-12(18-14-11)9-3-5-17-8-9/h3,5,8,10,16H,1-2,4,6-7H2/t10-/m1/s1. The van der Waals surface area contributed by atoms with Crippen molar-refractivity contribution in [3.63, 3.8) is 0 Å². The third-order valence-corrected chi connectivity index (χ3v) is 3.29. The van der Waals surface area contributed by atoms with Gasteiger partial charge in [0.15, 0.2) is 5.82 Å². The maximum atomic E-state index is 9.25. The molecule has 0 unspecified atom stereocenters. The molecule has 96 valence electrons. The van der Waals surface area contributed by atoms with E-state index >= 15 is 0 Å². The fraction of sp³-hybridized carbons (Fsp3) is 0.500. The van der Waals surface area contributed by atoms with Crippen LogP contribution in [0.3, 0.4) is 0 Å². The topological polar surface area (TPSA) is 75.5 Å². The summed E-state index contributed by atoms with van der Waals surface area (Å²) in [5.74, 6) is 1.12. The molecule has 18 heavy (non-hydrogen) atoms. The van der Waals surface area contributed by atoms with E-state index < -0.39 is 0 Å². The lowest BCUT2D eigenvalue weighted by molar-refractivity contribution is 0.150. The number of aliphatic hydroxyl groups is 1. The Morgan fingerprint density at radius 3 is 3.22 bits per heavy atom. The van der Waals surface area contributed by atoms with Crippen LogP contribution in [-0.4, -0.2) is 39.3 Å². The van der Waals surface area contributed by atoms with Crippen molar-refractivity contribution in [2.45, 2.75) is 25.4 Å². The molecule has 6 heteroatoms. The predicted octanol–water partition coefficient (Wildman–Crippen LogP) is 1.29. The van der Waals surface area contributed by atoms with E-state index in [9.17, 15) is 5.11 Å². The maximum Gasteiger partial charge on any atom is 0.261 e. The van der Waals surface area contributed by atoms with Crippen molar-refractivity contribution >= 4 is 0 Å². The molecule has 1 N–H and O–H groups in total. The molecule has 1 aliphatic rings. The average Bonchev–Trinajstić information content (AvgIpc) is 3.10. The Labute approximate surface area is 104 Å². The van der Waals surface area contributed by atoms with Gasteiger partial charge in [0.05, 0.1) is 25.0 Å². The number of nitrogens with zero attached hydrogens (tertiary/aromatic N) is 3. The van der Waals surface area contributed by atoms with Gasteiger partial charge in [-0.05, 0) is 25.5 Å². The molecule has 0 bridgehead atoms. The van der Waals surface area contributed by atoms with Gasteiger partial charge in [0.2, 0.25) is 0 Å². The van der Waals surface area contributed by atoms with E-state index in [-0.39, 0.29) is 12.6 Å². The fourth-order valence-electron chi connectivity index (χ4n) is 2.31. The summed E-state index contributed by atoms with van der Waals surface area (Å²) in [6, 6.07) is 2.00. The van der Waals surface area contributed by atoms with Crippen LogP contribution >= 0.6 is 0 Å². The third-order valence-electron chi connectivity index (χ3n) is 3.29. The highest BCUT2D eigenvalue weighted by atomic mass is 16.5. The molecule has 0 aromatic carbocycles. The number of likely N-dealkylation sites (tertiary alicyclic amines) is 1. The first-order chi connectivity index (χ1) is 8.86. The van der Waals surface area contributed by atoms with Crippen molar-refractivity contribution in [1.29, 1.82) is 0 Å². The van der Waals surface area contributed by atoms with Crippen molar-refractivity contribution in [3.8, 4) is 11.5 Å². The molecule has 1 saturated heterocycles. The lowest BCUT2D eigenvalue weighted by Gasteiger charge is -2.20. The summed E-state index contributed by atoms with van der Waals surface area (Å²) in [5, 5.41) is 13.2. The number of rotatable bonds is 4. The fourth-order valence-corrected chi connectivity index (χ4v) is 2.31. The van der Waals surface area contributed by atoms with Crippen molar-refractivity contribution in [3.05, 3.63) is 24.4 Å². The van der Waals surface area contributed by atoms with Gasteiger partial charge in [0.25, 0.3) is 5.89 Å². The zero-order chi connectivity index (χ0) is 12.4. The van der Waals surface area contributed by atoms with Crippen LogP contribution in [0.15, 0.2) is 27.5 Å². The van der Waals surface area contributed by atoms with Gasteiger partial charge in [-0.3, -0.25) is 4.90 Å². The van der Waals surface area contributed by atoms with Gasteiger partial charge in [-0.2, -0.15) is 4.98 Å². The lowest BCUT2D eigenvalue weighted by atomic mass is 10.2. The van der Waals surface area contributed by atoms with Crippen molar-refractivity contribution in [2.75, 3.05) is 13.2 Å². The Hall–Kier alpha value is -1.66. The summed E-state index contributed by atoms with van der Waals surface area (Å²) in [6.07, 6.45) is 5.28. The van der Waals surface area contributed by atoms with Crippen LogP contribution in [0.1, 0.15) is 18.7 Å². The van der Waals surface area contributed by atoms with Gasteiger partial charge in [-0.1, -0.05) is 5.16 Å². The Balaban J connectivity index is 1.70. The highest BCUT2D eigenvalue weighted by Crippen LogP contribution is 2.21. The predicted molar refractivity (Wildman–Crippen MR) is 62.5 cm³/mol. The van der Waals surface area contributed by atoms with Crippen LogP contribution in [0.5, 0.6) is 0 Å². The Morgan fingerprint density at radius 1 is 1.50 bits per heavy atom. The monoisotopic (exact) mass is 249 g/mol. The maximum absolute atomic E-state index is 9.25. The van der Waals surface area contributed by atoms with E-state index in [1.165, 1.54) is 0 Å². The Bertz CT molecular complexity index is 494. The van der Waals surface area contributed by atoms with E-state index in [0.29, 0.717) is 18.3 Å². The molecule has 0 spiro atoms. The number of aromatic nitrogens is 2. The van der Waals surface area contributed by atoms with Gasteiger partial charge >= 0.3 is 0 Å². The molecule has 0 saturated carbocycles. The average molecular weight is 249 g/mol. The van der Waals surface area contributed by atoms with Crippen molar-refractivity contribution in [2.24, 2.45) is 0 Å².